The van der Waals surface area contributed by atoms with Gasteiger partial charge in [-0.1, -0.05) is 241 Å². The number of nitrogens with zero attached hydrogens (tertiary/aromatic N) is 11. The number of aliphatic hydroxyl groups excluding tert-OH is 3. The van der Waals surface area contributed by atoms with Crippen LogP contribution in [0.4, 0.5) is 17.6 Å². The van der Waals surface area contributed by atoms with Crippen LogP contribution in [-0.4, -0.2) is 91.9 Å². The van der Waals surface area contributed by atoms with Crippen LogP contribution in [0.25, 0.3) is 172 Å². The van der Waals surface area contributed by atoms with E-state index in [9.17, 15) is 27.2 Å². The fourth-order valence-corrected chi connectivity index (χ4v) is 16.3. The standard InChI is InChI=1S/C34H22N4.C24H17N2.2C15H10N.2C11H6F2N.C6H5NO2.C5H10O2.C5H8O2.3Ir/c1-5-13-31-27(9-1)28-10-2-6-14-32(28)37(31)25-17-23(19-35-21-25)24-18-26(22-36-20-24)38-33-15-7-3-11-29(33)30-12-4-8-16-34(30)38;1-17-11-13-22(25-16-17)18-12-14-24-21(15-18)20-9-5-6-10-23(20)26(24)19-7-3-2-4-8-19;2*1-2-6-12(7-3-1)15-11-10-13-8-4-5-9-14(13)16-15;2*12-8-4-5-9(10(13)7-8)11-3-1-2-6-14-11;8-6(9)5-3-1-2-4-7-5;2*1-4(6)3-5(2)7;;;/h1-22H;2-11,13-16H,1H3;2*1-6,8-11H;2*1-4,6-7H;1-4H,(H,8,9);3-4,6-7H,1-2H3;3,6H,1-2H3;;;/q;5*-1;;;;;;. The second kappa shape index (κ2) is 53.8. The van der Waals surface area contributed by atoms with Gasteiger partial charge < -0.3 is 49.1 Å². The molecule has 0 saturated carbocycles. The Bertz CT molecular complexity index is 8250. The maximum atomic E-state index is 13.2. The van der Waals surface area contributed by atoms with Gasteiger partial charge in [0.25, 0.3) is 0 Å². The van der Waals surface area contributed by atoms with Crippen LogP contribution in [0.1, 0.15) is 43.7 Å². The summed E-state index contributed by atoms with van der Waals surface area (Å²) in [6.45, 7) is 8.00. The Morgan fingerprint density at radius 1 is 0.340 bits per heavy atom. The molecule has 0 bridgehead atoms. The number of aromatic carboxylic acids is 1. The average molecular weight is 2510 g/mol. The van der Waals surface area contributed by atoms with Crippen LogP contribution in [0, 0.1) is 60.5 Å². The van der Waals surface area contributed by atoms with Crippen LogP contribution in [0.3, 0.4) is 0 Å². The molecular formula is C126H94F4Ir3N11O6-5. The van der Waals surface area contributed by atoms with Crippen LogP contribution < -0.4 is 0 Å². The Morgan fingerprint density at radius 3 is 1.10 bits per heavy atom. The van der Waals surface area contributed by atoms with Gasteiger partial charge in [0.2, 0.25) is 0 Å². The molecule has 24 aromatic rings. The second-order valence-electron chi connectivity index (χ2n) is 33.5. The quantitative estimate of drug-likeness (QED) is 0.0386. The van der Waals surface area contributed by atoms with Crippen molar-refractivity contribution in [2.24, 2.45) is 0 Å². The molecule has 0 aliphatic heterocycles. The van der Waals surface area contributed by atoms with Crippen molar-refractivity contribution in [1.82, 2.24) is 53.6 Å². The summed E-state index contributed by atoms with van der Waals surface area (Å²) in [5.41, 5.74) is 22.9. The number of allylic oxidation sites excluding steroid dienone is 3. The topological polar surface area (TPSA) is 233 Å². The van der Waals surface area contributed by atoms with Crippen molar-refractivity contribution in [3.8, 4) is 84.5 Å². The number of aromatic nitrogens is 11. The number of aryl methyl sites for hydroxylation is 1. The number of halogens is 4. The van der Waals surface area contributed by atoms with Crippen molar-refractivity contribution in [3.05, 3.63) is 526 Å². The van der Waals surface area contributed by atoms with Gasteiger partial charge in [-0.2, -0.15) is 0 Å². The predicted octanol–water partition coefficient (Wildman–Crippen LogP) is 30.0. The molecule has 1 unspecified atom stereocenters. The molecule has 749 valence electrons. The SMILES string of the molecule is CC(=O)C=C(C)O.CC(O)=CC(C)O.Cc1ccc(-c2[c-]cc3c(c2)c2ccccc2n3-c2ccccc2)nc1.Fc1c[c-]c(-c2ccccn2)c(F)c1.Fc1c[c-]c(-c2ccccn2)c(F)c1.O=C(O)c1ccccn1.[Ir].[Ir].[Ir].[c-]1ccccc1-c1ccc2ccccc2n1.[c-]1ccccc1-c1ccc2ccccc2n1.c1ccc2c(c1)c1ccccc1n2-c1cncc(-c2cncc(-n3c4ccccc4c4ccccc43)c2)c1. The molecule has 0 fully saturated rings. The van der Waals surface area contributed by atoms with Crippen LogP contribution in [0.5, 0.6) is 0 Å². The molecule has 13 aromatic carbocycles. The summed E-state index contributed by atoms with van der Waals surface area (Å²) in [5.74, 6) is -3.46. The van der Waals surface area contributed by atoms with E-state index in [2.05, 4.69) is 297 Å². The van der Waals surface area contributed by atoms with Gasteiger partial charge >= 0.3 is 5.97 Å². The third-order valence-corrected chi connectivity index (χ3v) is 22.8. The molecule has 3 radical (unpaired) electrons. The van der Waals surface area contributed by atoms with Crippen molar-refractivity contribution in [1.29, 1.82) is 0 Å². The molecule has 11 aromatic heterocycles. The van der Waals surface area contributed by atoms with Crippen molar-refractivity contribution >= 4 is 99.0 Å². The van der Waals surface area contributed by atoms with E-state index in [4.69, 9.17) is 20.4 Å². The fourth-order valence-electron chi connectivity index (χ4n) is 16.3. The number of fused-ring (bicyclic) bond motifs is 11. The summed E-state index contributed by atoms with van der Waals surface area (Å²) in [6, 6.07) is 140. The Balaban J connectivity index is 0.000000148. The molecule has 0 amide bonds. The maximum Gasteiger partial charge on any atom is 0.354 e. The van der Waals surface area contributed by atoms with Gasteiger partial charge in [-0.3, -0.25) is 42.3 Å². The largest absolute Gasteiger partial charge is 0.513 e. The monoisotopic (exact) mass is 2510 g/mol. The molecular weight excluding hydrogens is 2420 g/mol. The van der Waals surface area contributed by atoms with Gasteiger partial charge in [0.1, 0.15) is 5.69 Å². The number of carbonyl (C=O) groups is 2. The van der Waals surface area contributed by atoms with Crippen LogP contribution in [0.15, 0.2) is 461 Å². The number of ketones is 1. The van der Waals surface area contributed by atoms with Crippen LogP contribution in [-0.2, 0) is 65.1 Å². The zero-order valence-corrected chi connectivity index (χ0v) is 88.5. The number of hydrogen-bond acceptors (Lipinski definition) is 13. The molecule has 4 N–H and O–H groups in total. The normalized spacial score (nSPS) is 10.9. The molecule has 0 aliphatic rings. The summed E-state index contributed by atoms with van der Waals surface area (Å²) >= 11 is 0. The summed E-state index contributed by atoms with van der Waals surface area (Å²) in [5, 5.41) is 43.4. The summed E-state index contributed by atoms with van der Waals surface area (Å²) in [4.78, 5) is 54.8. The Hall–Kier alpha value is -17.2. The number of pyridine rings is 8. The van der Waals surface area contributed by atoms with Crippen molar-refractivity contribution < 1.29 is 108 Å². The van der Waals surface area contributed by atoms with Gasteiger partial charge in [-0.25, -0.2) is 9.78 Å². The maximum absolute atomic E-state index is 13.2. The van der Waals surface area contributed by atoms with Crippen molar-refractivity contribution in [2.75, 3.05) is 0 Å². The number of carbonyl (C=O) groups excluding carboxylic acids is 1. The first-order chi connectivity index (χ1) is 71.6. The number of aliphatic hydroxyl groups is 3. The summed E-state index contributed by atoms with van der Waals surface area (Å²) < 4.78 is 58.5. The van der Waals surface area contributed by atoms with Gasteiger partial charge in [-0.05, 0) is 187 Å². The zero-order chi connectivity index (χ0) is 102. The molecule has 1 atom stereocenters. The fraction of sp³-hybridized carbons (Fsp3) is 0.0476. The smallest absolute Gasteiger partial charge is 0.354 e. The second-order valence-corrected chi connectivity index (χ2v) is 33.5. The molecule has 0 aliphatic carbocycles. The molecule has 17 nitrogen and oxygen atoms in total. The van der Waals surface area contributed by atoms with Crippen molar-refractivity contribution in [2.45, 2.75) is 40.7 Å². The minimum absolute atomic E-state index is 0. The van der Waals surface area contributed by atoms with Crippen LogP contribution >= 0.6 is 0 Å². The minimum Gasteiger partial charge on any atom is -0.513 e. The molecule has 0 saturated heterocycles. The Morgan fingerprint density at radius 2 is 0.740 bits per heavy atom. The first-order valence-corrected chi connectivity index (χ1v) is 46.8. The number of benzene rings is 13. The van der Waals surface area contributed by atoms with E-state index in [-0.39, 0.29) is 94.4 Å². The van der Waals surface area contributed by atoms with Gasteiger partial charge in [0.15, 0.2) is 5.78 Å². The van der Waals surface area contributed by atoms with E-state index in [0.717, 1.165) is 108 Å². The first-order valence-electron chi connectivity index (χ1n) is 46.8. The van der Waals surface area contributed by atoms with Crippen molar-refractivity contribution in [3.63, 3.8) is 0 Å². The number of para-hydroxylation sites is 8. The Kier molecular flexibility index (Phi) is 39.5. The third kappa shape index (κ3) is 28.4. The number of rotatable bonds is 12. The first kappa shape index (κ1) is 110. The van der Waals surface area contributed by atoms with Crippen LogP contribution in [0.2, 0.25) is 0 Å². The zero-order valence-electron chi connectivity index (χ0n) is 81.3. The molecule has 0 spiro atoms. The van der Waals surface area contributed by atoms with Gasteiger partial charge in [0, 0.05) is 171 Å². The number of carboxylic acid groups (broad SMARTS) is 1. The average Bonchev–Trinajstić information content (AvgIpc) is 1.60. The van der Waals surface area contributed by atoms with Gasteiger partial charge in [-0.15, -0.1) is 120 Å². The van der Waals surface area contributed by atoms with E-state index in [0.29, 0.717) is 11.4 Å². The molecule has 11 heterocycles. The van der Waals surface area contributed by atoms with Gasteiger partial charge in [0.05, 0.1) is 74.5 Å². The Labute approximate surface area is 904 Å². The number of hydrogen-bond donors (Lipinski definition) is 4. The molecule has 24 rings (SSSR count). The number of carboxylic acids is 1. The van der Waals surface area contributed by atoms with E-state index < -0.39 is 35.3 Å². The van der Waals surface area contributed by atoms with E-state index in [1.54, 1.807) is 67.8 Å². The molecule has 24 heteroatoms. The van der Waals surface area contributed by atoms with E-state index in [1.165, 1.54) is 116 Å². The summed E-state index contributed by atoms with van der Waals surface area (Å²) in [6.07, 6.45) is 16.2. The predicted molar refractivity (Wildman–Crippen MR) is 579 cm³/mol. The van der Waals surface area contributed by atoms with E-state index >= 15 is 0 Å². The molecule has 150 heavy (non-hydrogen) atoms. The summed E-state index contributed by atoms with van der Waals surface area (Å²) in [7, 11) is 0. The van der Waals surface area contributed by atoms with E-state index in [1.807, 2.05) is 134 Å². The minimum atomic E-state index is -0.990. The third-order valence-electron chi connectivity index (χ3n) is 22.8.